The lowest BCUT2D eigenvalue weighted by atomic mass is 9.64. The fourth-order valence-corrected chi connectivity index (χ4v) is 3.00. The summed E-state index contributed by atoms with van der Waals surface area (Å²) in [5.41, 5.74) is 0.774. The van der Waals surface area contributed by atoms with Crippen LogP contribution in [0, 0.1) is 5.41 Å². The Labute approximate surface area is 124 Å². The zero-order valence-corrected chi connectivity index (χ0v) is 12.9. The first-order valence-electron chi connectivity index (χ1n) is 7.18. The van der Waals surface area contributed by atoms with Crippen molar-refractivity contribution in [2.24, 2.45) is 5.41 Å². The third-order valence-electron chi connectivity index (χ3n) is 4.52. The molecule has 1 aliphatic rings. The molecule has 1 aliphatic carbocycles. The lowest BCUT2D eigenvalue weighted by Gasteiger charge is -2.52. The fraction of sp³-hybridized carbons (Fsp3) is 0.625. The minimum Gasteiger partial charge on any atom is -0.434 e. The number of methoxy groups -OCH3 is 1. The highest BCUT2D eigenvalue weighted by Crippen LogP contribution is 2.43. The summed E-state index contributed by atoms with van der Waals surface area (Å²) < 4.78 is 35.0. The van der Waals surface area contributed by atoms with E-state index in [-0.39, 0.29) is 29.4 Å². The van der Waals surface area contributed by atoms with Crippen LogP contribution in [0.1, 0.15) is 38.8 Å². The van der Waals surface area contributed by atoms with Crippen LogP contribution in [0.15, 0.2) is 24.3 Å². The molecule has 1 N–H and O–H groups in total. The van der Waals surface area contributed by atoms with Crippen molar-refractivity contribution in [3.8, 4) is 5.75 Å². The topological polar surface area (TPSA) is 30.5 Å². The summed E-state index contributed by atoms with van der Waals surface area (Å²) in [4.78, 5) is 0. The van der Waals surface area contributed by atoms with E-state index in [0.29, 0.717) is 0 Å². The van der Waals surface area contributed by atoms with Gasteiger partial charge in [-0.25, -0.2) is 0 Å². The Morgan fingerprint density at radius 3 is 2.52 bits per heavy atom. The Morgan fingerprint density at radius 1 is 1.29 bits per heavy atom. The van der Waals surface area contributed by atoms with E-state index in [1.165, 1.54) is 0 Å². The van der Waals surface area contributed by atoms with Crippen molar-refractivity contribution in [3.63, 3.8) is 0 Å². The highest BCUT2D eigenvalue weighted by molar-refractivity contribution is 5.35. The SMILES string of the molecule is COC1CC(NC(C)c2ccccc2OC(F)F)C1(C)C. The van der Waals surface area contributed by atoms with Crippen LogP contribution in [0.2, 0.25) is 0 Å². The minimum atomic E-state index is -2.81. The van der Waals surface area contributed by atoms with Gasteiger partial charge in [0, 0.05) is 30.2 Å². The molecule has 1 aromatic rings. The van der Waals surface area contributed by atoms with Gasteiger partial charge >= 0.3 is 6.61 Å². The lowest BCUT2D eigenvalue weighted by molar-refractivity contribution is -0.100. The molecule has 1 saturated carbocycles. The standard InChI is InChI=1S/C16H23F2NO2/c1-10(19-13-9-14(20-4)16(13,2)3)11-7-5-6-8-12(11)21-15(17)18/h5-8,10,13-15,19H,9H2,1-4H3. The average molecular weight is 299 g/mol. The molecule has 2 rings (SSSR count). The van der Waals surface area contributed by atoms with Crippen LogP contribution in [-0.2, 0) is 4.74 Å². The molecule has 0 aromatic heterocycles. The molecule has 0 aliphatic heterocycles. The molecule has 5 heteroatoms. The Kier molecular flexibility index (Phi) is 4.84. The molecule has 3 unspecified atom stereocenters. The summed E-state index contributed by atoms with van der Waals surface area (Å²) in [6.07, 6.45) is 1.15. The first-order chi connectivity index (χ1) is 9.86. The molecule has 0 amide bonds. The van der Waals surface area contributed by atoms with Gasteiger partial charge in [-0.05, 0) is 19.4 Å². The van der Waals surface area contributed by atoms with Gasteiger partial charge in [0.05, 0.1) is 6.10 Å². The van der Waals surface area contributed by atoms with Crippen molar-refractivity contribution >= 4 is 0 Å². The monoisotopic (exact) mass is 299 g/mol. The number of hydrogen-bond acceptors (Lipinski definition) is 3. The number of ether oxygens (including phenoxy) is 2. The zero-order valence-electron chi connectivity index (χ0n) is 12.9. The lowest BCUT2D eigenvalue weighted by Crippen LogP contribution is -2.60. The summed E-state index contributed by atoms with van der Waals surface area (Å²) in [5.74, 6) is 0.230. The van der Waals surface area contributed by atoms with E-state index in [1.54, 1.807) is 19.2 Å². The second-order valence-electron chi connectivity index (χ2n) is 6.14. The second kappa shape index (κ2) is 6.28. The van der Waals surface area contributed by atoms with Gasteiger partial charge in [-0.3, -0.25) is 0 Å². The summed E-state index contributed by atoms with van der Waals surface area (Å²) in [6.45, 7) is 3.45. The minimum absolute atomic E-state index is 0.0293. The second-order valence-corrected chi connectivity index (χ2v) is 6.14. The third-order valence-corrected chi connectivity index (χ3v) is 4.52. The molecule has 0 saturated heterocycles. The Morgan fingerprint density at radius 2 is 1.95 bits per heavy atom. The highest BCUT2D eigenvalue weighted by atomic mass is 19.3. The Bertz CT molecular complexity index is 479. The van der Waals surface area contributed by atoms with Crippen molar-refractivity contribution < 1.29 is 18.3 Å². The first kappa shape index (κ1) is 16.2. The van der Waals surface area contributed by atoms with Gasteiger partial charge < -0.3 is 14.8 Å². The summed E-state index contributed by atoms with van der Waals surface area (Å²) in [5, 5.41) is 3.50. The maximum atomic E-state index is 12.5. The van der Waals surface area contributed by atoms with Gasteiger partial charge in [0.15, 0.2) is 0 Å². The molecular formula is C16H23F2NO2. The van der Waals surface area contributed by atoms with Gasteiger partial charge in [-0.1, -0.05) is 32.0 Å². The average Bonchev–Trinajstić information content (AvgIpc) is 2.42. The molecule has 3 atom stereocenters. The largest absolute Gasteiger partial charge is 0.434 e. The molecule has 3 nitrogen and oxygen atoms in total. The molecule has 0 radical (unpaired) electrons. The molecular weight excluding hydrogens is 276 g/mol. The van der Waals surface area contributed by atoms with E-state index in [2.05, 4.69) is 23.9 Å². The van der Waals surface area contributed by atoms with E-state index >= 15 is 0 Å². The highest BCUT2D eigenvalue weighted by Gasteiger charge is 2.48. The summed E-state index contributed by atoms with van der Waals surface area (Å²) in [6, 6.07) is 7.13. The van der Waals surface area contributed by atoms with Crippen molar-refractivity contribution in [1.29, 1.82) is 0 Å². The van der Waals surface area contributed by atoms with Crippen molar-refractivity contribution in [3.05, 3.63) is 29.8 Å². The van der Waals surface area contributed by atoms with Crippen LogP contribution in [0.3, 0.4) is 0 Å². The third kappa shape index (κ3) is 3.35. The predicted molar refractivity (Wildman–Crippen MR) is 77.6 cm³/mol. The van der Waals surface area contributed by atoms with Crippen molar-refractivity contribution in [2.75, 3.05) is 7.11 Å². The Balaban J connectivity index is 2.06. The number of halogens is 2. The van der Waals surface area contributed by atoms with E-state index in [4.69, 9.17) is 4.74 Å². The number of hydrogen-bond donors (Lipinski definition) is 1. The Hall–Kier alpha value is -1.20. The quantitative estimate of drug-likeness (QED) is 0.867. The van der Waals surface area contributed by atoms with E-state index in [0.717, 1.165) is 12.0 Å². The van der Waals surface area contributed by atoms with E-state index in [1.807, 2.05) is 19.1 Å². The molecule has 0 bridgehead atoms. The molecule has 118 valence electrons. The van der Waals surface area contributed by atoms with Gasteiger partial charge in [-0.15, -0.1) is 0 Å². The number of alkyl halides is 2. The predicted octanol–water partition coefficient (Wildman–Crippen LogP) is 3.75. The molecule has 1 aromatic carbocycles. The molecule has 1 fully saturated rings. The normalized spacial score (nSPS) is 25.5. The van der Waals surface area contributed by atoms with Gasteiger partial charge in [0.25, 0.3) is 0 Å². The zero-order chi connectivity index (χ0) is 15.6. The smallest absolute Gasteiger partial charge is 0.387 e. The van der Waals surface area contributed by atoms with Crippen LogP contribution in [0.5, 0.6) is 5.75 Å². The van der Waals surface area contributed by atoms with Crippen molar-refractivity contribution in [1.82, 2.24) is 5.32 Å². The number of para-hydroxylation sites is 1. The summed E-state index contributed by atoms with van der Waals surface area (Å²) >= 11 is 0. The fourth-order valence-electron chi connectivity index (χ4n) is 3.00. The maximum absolute atomic E-state index is 12.5. The van der Waals surface area contributed by atoms with E-state index < -0.39 is 6.61 Å². The maximum Gasteiger partial charge on any atom is 0.387 e. The van der Waals surface area contributed by atoms with E-state index in [9.17, 15) is 8.78 Å². The van der Waals surface area contributed by atoms with Gasteiger partial charge in [0.2, 0.25) is 0 Å². The molecule has 0 spiro atoms. The number of rotatable bonds is 6. The molecule has 0 heterocycles. The van der Waals surface area contributed by atoms with Crippen LogP contribution in [0.4, 0.5) is 8.78 Å². The first-order valence-corrected chi connectivity index (χ1v) is 7.18. The van der Waals surface area contributed by atoms with Crippen molar-refractivity contribution in [2.45, 2.75) is 52.0 Å². The van der Waals surface area contributed by atoms with Gasteiger partial charge in [0.1, 0.15) is 5.75 Å². The van der Waals surface area contributed by atoms with Gasteiger partial charge in [-0.2, -0.15) is 8.78 Å². The number of nitrogens with one attached hydrogen (secondary N) is 1. The van der Waals surface area contributed by atoms with Crippen LogP contribution in [0.25, 0.3) is 0 Å². The number of benzene rings is 1. The van der Waals surface area contributed by atoms with Crippen LogP contribution in [-0.4, -0.2) is 25.9 Å². The molecule has 21 heavy (non-hydrogen) atoms. The summed E-state index contributed by atoms with van der Waals surface area (Å²) in [7, 11) is 1.72. The van der Waals surface area contributed by atoms with Crippen LogP contribution >= 0.6 is 0 Å². The van der Waals surface area contributed by atoms with Crippen LogP contribution < -0.4 is 10.1 Å².